The molecule has 8 nitrogen and oxygen atoms in total. The smallest absolute Gasteiger partial charge is 0.243 e. The summed E-state index contributed by atoms with van der Waals surface area (Å²) in [5, 5.41) is 2.97. The summed E-state index contributed by atoms with van der Waals surface area (Å²) in [5.41, 5.74) is 0.877. The number of morpholine rings is 2. The summed E-state index contributed by atoms with van der Waals surface area (Å²) in [6.07, 6.45) is 4.85. The van der Waals surface area contributed by atoms with Crippen molar-refractivity contribution < 1.29 is 22.7 Å². The van der Waals surface area contributed by atoms with Crippen molar-refractivity contribution in [2.75, 3.05) is 46.0 Å². The molecule has 4 rings (SSSR count). The molecule has 2 heterocycles. The van der Waals surface area contributed by atoms with E-state index in [-0.39, 0.29) is 16.9 Å². The topological polar surface area (TPSA) is 88.2 Å². The fourth-order valence-electron chi connectivity index (χ4n) is 4.53. The highest BCUT2D eigenvalue weighted by Crippen LogP contribution is 2.28. The minimum atomic E-state index is -3.49. The van der Waals surface area contributed by atoms with E-state index in [4.69, 9.17) is 9.47 Å². The van der Waals surface area contributed by atoms with E-state index in [2.05, 4.69) is 10.2 Å². The number of ether oxygens (including phenoxy) is 2. The van der Waals surface area contributed by atoms with Crippen LogP contribution < -0.4 is 5.32 Å². The Morgan fingerprint density at radius 2 is 1.77 bits per heavy atom. The van der Waals surface area contributed by atoms with Crippen LogP contribution in [0, 0.1) is 0 Å². The molecule has 1 amide bonds. The van der Waals surface area contributed by atoms with Gasteiger partial charge in [-0.2, -0.15) is 4.31 Å². The Kier molecular flexibility index (Phi) is 7.05. The number of carbonyl (C=O) groups excluding carboxylic acids is 1. The lowest BCUT2D eigenvalue weighted by atomic mass is 9.90. The van der Waals surface area contributed by atoms with Gasteiger partial charge < -0.3 is 14.8 Å². The van der Waals surface area contributed by atoms with Crippen molar-refractivity contribution in [3.63, 3.8) is 0 Å². The molecular weight excluding hydrogens is 406 g/mol. The maximum absolute atomic E-state index is 12.7. The van der Waals surface area contributed by atoms with Crippen LogP contribution in [0.2, 0.25) is 0 Å². The van der Waals surface area contributed by atoms with Gasteiger partial charge in [-0.25, -0.2) is 8.42 Å². The largest absolute Gasteiger partial charge is 0.379 e. The summed E-state index contributed by atoms with van der Waals surface area (Å²) >= 11 is 0. The lowest BCUT2D eigenvalue weighted by Gasteiger charge is -2.43. The lowest BCUT2D eigenvalue weighted by molar-refractivity contribution is -0.129. The number of fused-ring (bicyclic) bond motifs is 1. The Bertz CT molecular complexity index is 822. The minimum absolute atomic E-state index is 0.00811. The standard InChI is InChI=1S/C21H31N3O5S/c25-21(16-23-9-14-29-20-4-2-1-3-19(20)23)22-15-17-5-7-18(8-6-17)30(26,27)24-10-12-28-13-11-24/h5-8,19-20H,1-4,9-16H2,(H,22,25). The molecular formula is C21H31N3O5S. The molecule has 0 bridgehead atoms. The van der Waals surface area contributed by atoms with E-state index in [0.717, 1.165) is 24.9 Å². The van der Waals surface area contributed by atoms with Crippen molar-refractivity contribution in [1.82, 2.24) is 14.5 Å². The second kappa shape index (κ2) is 9.74. The monoisotopic (exact) mass is 437 g/mol. The second-order valence-electron chi connectivity index (χ2n) is 8.17. The van der Waals surface area contributed by atoms with Gasteiger partial charge in [0.15, 0.2) is 0 Å². The first-order chi connectivity index (χ1) is 14.5. The Morgan fingerprint density at radius 3 is 2.53 bits per heavy atom. The maximum Gasteiger partial charge on any atom is 0.243 e. The van der Waals surface area contributed by atoms with E-state index in [1.807, 2.05) is 0 Å². The SMILES string of the molecule is O=C(CN1CCOC2CCCCC21)NCc1ccc(S(=O)(=O)N2CCOCC2)cc1. The molecule has 2 aliphatic heterocycles. The summed E-state index contributed by atoms with van der Waals surface area (Å²) in [7, 11) is -3.49. The molecule has 2 saturated heterocycles. The highest BCUT2D eigenvalue weighted by molar-refractivity contribution is 7.89. The van der Waals surface area contributed by atoms with Crippen molar-refractivity contribution >= 4 is 15.9 Å². The fourth-order valence-corrected chi connectivity index (χ4v) is 5.94. The van der Waals surface area contributed by atoms with Gasteiger partial charge in [-0.1, -0.05) is 25.0 Å². The molecule has 0 radical (unpaired) electrons. The predicted octanol–water partition coefficient (Wildman–Crippen LogP) is 0.967. The highest BCUT2D eigenvalue weighted by atomic mass is 32.2. The van der Waals surface area contributed by atoms with Gasteiger partial charge in [0, 0.05) is 32.2 Å². The van der Waals surface area contributed by atoms with Crippen LogP contribution in [0.1, 0.15) is 31.2 Å². The van der Waals surface area contributed by atoms with E-state index < -0.39 is 10.0 Å². The zero-order chi connectivity index (χ0) is 21.0. The van der Waals surface area contributed by atoms with Gasteiger partial charge in [-0.05, 0) is 30.5 Å². The number of amides is 1. The number of hydrogen-bond acceptors (Lipinski definition) is 6. The molecule has 2 unspecified atom stereocenters. The van der Waals surface area contributed by atoms with Crippen LogP contribution in [0.4, 0.5) is 0 Å². The minimum Gasteiger partial charge on any atom is -0.379 e. The van der Waals surface area contributed by atoms with Crippen molar-refractivity contribution in [3.8, 4) is 0 Å². The van der Waals surface area contributed by atoms with Gasteiger partial charge in [0.1, 0.15) is 0 Å². The van der Waals surface area contributed by atoms with Gasteiger partial charge in [0.05, 0.1) is 37.4 Å². The van der Waals surface area contributed by atoms with Crippen molar-refractivity contribution in [2.24, 2.45) is 0 Å². The number of benzene rings is 1. The first-order valence-electron chi connectivity index (χ1n) is 10.8. The molecule has 3 aliphatic rings. The maximum atomic E-state index is 12.7. The van der Waals surface area contributed by atoms with Crippen LogP contribution in [-0.4, -0.2) is 81.7 Å². The molecule has 1 aromatic carbocycles. The number of sulfonamides is 1. The summed E-state index contributed by atoms with van der Waals surface area (Å²) in [6.45, 7) is 3.86. The van der Waals surface area contributed by atoms with Gasteiger partial charge >= 0.3 is 0 Å². The highest BCUT2D eigenvalue weighted by Gasteiger charge is 2.34. The molecule has 2 atom stereocenters. The number of rotatable bonds is 6. The number of nitrogens with one attached hydrogen (secondary N) is 1. The van der Waals surface area contributed by atoms with E-state index in [1.165, 1.54) is 17.1 Å². The summed E-state index contributed by atoms with van der Waals surface area (Å²) < 4.78 is 37.9. The summed E-state index contributed by atoms with van der Waals surface area (Å²) in [4.78, 5) is 15.0. The molecule has 1 N–H and O–H groups in total. The van der Waals surface area contributed by atoms with Gasteiger partial charge in [0.25, 0.3) is 0 Å². The van der Waals surface area contributed by atoms with E-state index in [1.54, 1.807) is 24.3 Å². The van der Waals surface area contributed by atoms with Crippen molar-refractivity contribution in [3.05, 3.63) is 29.8 Å². The van der Waals surface area contributed by atoms with Crippen molar-refractivity contribution in [2.45, 2.75) is 49.3 Å². The molecule has 0 aromatic heterocycles. The van der Waals surface area contributed by atoms with Crippen LogP contribution in [-0.2, 0) is 30.8 Å². The Morgan fingerprint density at radius 1 is 1.03 bits per heavy atom. The van der Waals surface area contributed by atoms with Crippen LogP contribution in [0.15, 0.2) is 29.2 Å². The molecule has 166 valence electrons. The predicted molar refractivity (Wildman–Crippen MR) is 111 cm³/mol. The van der Waals surface area contributed by atoms with Gasteiger partial charge in [0.2, 0.25) is 15.9 Å². The molecule has 0 spiro atoms. The van der Waals surface area contributed by atoms with E-state index in [0.29, 0.717) is 52.0 Å². The van der Waals surface area contributed by atoms with Gasteiger partial charge in [-0.3, -0.25) is 9.69 Å². The molecule has 1 saturated carbocycles. The second-order valence-corrected chi connectivity index (χ2v) is 10.1. The zero-order valence-corrected chi connectivity index (χ0v) is 18.1. The van der Waals surface area contributed by atoms with Crippen LogP contribution in [0.3, 0.4) is 0 Å². The van der Waals surface area contributed by atoms with E-state index >= 15 is 0 Å². The Balaban J connectivity index is 1.29. The molecule has 1 aromatic rings. The zero-order valence-electron chi connectivity index (χ0n) is 17.3. The molecule has 9 heteroatoms. The van der Waals surface area contributed by atoms with Crippen LogP contribution >= 0.6 is 0 Å². The average Bonchev–Trinajstić information content (AvgIpc) is 2.79. The summed E-state index contributed by atoms with van der Waals surface area (Å²) in [6, 6.07) is 7.10. The van der Waals surface area contributed by atoms with Crippen LogP contribution in [0.5, 0.6) is 0 Å². The third-order valence-electron chi connectivity index (χ3n) is 6.21. The number of nitrogens with zero attached hydrogens (tertiary/aromatic N) is 2. The van der Waals surface area contributed by atoms with E-state index in [9.17, 15) is 13.2 Å². The quantitative estimate of drug-likeness (QED) is 0.714. The third kappa shape index (κ3) is 5.03. The normalized spacial score (nSPS) is 26.1. The third-order valence-corrected chi connectivity index (χ3v) is 8.13. The first kappa shape index (κ1) is 21.7. The number of hydrogen-bond donors (Lipinski definition) is 1. The van der Waals surface area contributed by atoms with Crippen molar-refractivity contribution in [1.29, 1.82) is 0 Å². The number of carbonyl (C=O) groups is 1. The molecule has 1 aliphatic carbocycles. The molecule has 30 heavy (non-hydrogen) atoms. The van der Waals surface area contributed by atoms with Crippen LogP contribution in [0.25, 0.3) is 0 Å². The van der Waals surface area contributed by atoms with Gasteiger partial charge in [-0.15, -0.1) is 0 Å². The fraction of sp³-hybridized carbons (Fsp3) is 0.667. The molecule has 3 fully saturated rings. The Hall–Kier alpha value is -1.52. The average molecular weight is 438 g/mol. The summed E-state index contributed by atoms with van der Waals surface area (Å²) in [5.74, 6) is -0.00811. The first-order valence-corrected chi connectivity index (χ1v) is 12.3. The lowest BCUT2D eigenvalue weighted by Crippen LogP contribution is -2.55. The Labute approximate surface area is 178 Å².